The largest absolute Gasteiger partial charge is 0.374 e. The molecule has 0 amide bonds. The molecule has 4 atom stereocenters. The lowest BCUT2D eigenvalue weighted by molar-refractivity contribution is 0.0767. The van der Waals surface area contributed by atoms with E-state index in [4.69, 9.17) is 4.74 Å². The van der Waals surface area contributed by atoms with Crippen molar-refractivity contribution in [1.29, 1.82) is 0 Å². The van der Waals surface area contributed by atoms with Crippen LogP contribution in [0.2, 0.25) is 0 Å². The van der Waals surface area contributed by atoms with Crippen LogP contribution in [-0.2, 0) is 21.3 Å². The Bertz CT molecular complexity index is 804. The predicted octanol–water partition coefficient (Wildman–Crippen LogP) is 1.12. The van der Waals surface area contributed by atoms with Crippen LogP contribution >= 0.6 is 0 Å². The second kappa shape index (κ2) is 7.07. The summed E-state index contributed by atoms with van der Waals surface area (Å²) in [5, 5.41) is 3.42. The normalized spacial score (nSPS) is 30.2. The lowest BCUT2D eigenvalue weighted by Crippen LogP contribution is -2.41. The van der Waals surface area contributed by atoms with E-state index in [-0.39, 0.29) is 0 Å². The second-order valence-electron chi connectivity index (χ2n) is 7.86. The molecule has 148 valence electrons. The number of ether oxygens (including phenoxy) is 1. The Kier molecular flexibility index (Phi) is 4.90. The van der Waals surface area contributed by atoms with Crippen molar-refractivity contribution in [3.05, 3.63) is 29.8 Å². The summed E-state index contributed by atoms with van der Waals surface area (Å²) in [6.07, 6.45) is 3.28. The Morgan fingerprint density at radius 3 is 2.30 bits per heavy atom. The van der Waals surface area contributed by atoms with Crippen LogP contribution in [0.25, 0.3) is 0 Å². The zero-order valence-corrected chi connectivity index (χ0v) is 16.9. The Balaban J connectivity index is 1.37. The molecule has 3 saturated heterocycles. The summed E-state index contributed by atoms with van der Waals surface area (Å²) in [7, 11) is 1.51. The van der Waals surface area contributed by atoms with Crippen LogP contribution in [0.15, 0.2) is 34.2 Å². The number of hydrogen-bond acceptors (Lipinski definition) is 4. The van der Waals surface area contributed by atoms with E-state index in [0.717, 1.165) is 24.6 Å². The highest BCUT2D eigenvalue weighted by molar-refractivity contribution is 7.89. The lowest BCUT2D eigenvalue weighted by Gasteiger charge is -2.23. The molecule has 3 aliphatic rings. The highest BCUT2D eigenvalue weighted by Gasteiger charge is 2.53. The first-order valence-electron chi connectivity index (χ1n) is 9.52. The van der Waals surface area contributed by atoms with Gasteiger partial charge in [-0.25, -0.2) is 12.7 Å². The van der Waals surface area contributed by atoms with E-state index in [2.05, 4.69) is 15.2 Å². The van der Waals surface area contributed by atoms with Gasteiger partial charge in [0.25, 0.3) is 0 Å². The van der Waals surface area contributed by atoms with E-state index in [1.54, 1.807) is 12.1 Å². The fourth-order valence-electron chi connectivity index (χ4n) is 4.64. The predicted molar refractivity (Wildman–Crippen MR) is 104 cm³/mol. The summed E-state index contributed by atoms with van der Waals surface area (Å²) < 4.78 is 31.6. The van der Waals surface area contributed by atoms with Crippen molar-refractivity contribution in [1.82, 2.24) is 14.5 Å². The molecule has 3 heterocycles. The van der Waals surface area contributed by atoms with Gasteiger partial charge in [0, 0.05) is 52.6 Å². The molecule has 4 rings (SSSR count). The average Bonchev–Trinajstić information content (AvgIpc) is 3.36. The zero-order valence-electron chi connectivity index (χ0n) is 16.1. The molecule has 2 bridgehead atoms. The molecular weight excluding hydrogens is 364 g/mol. The molecule has 0 aliphatic carbocycles. The smallest absolute Gasteiger partial charge is 0.242 e. The number of nitrogens with zero attached hydrogens (tertiary/aromatic N) is 3. The summed E-state index contributed by atoms with van der Waals surface area (Å²) >= 11 is 0. The molecule has 4 unspecified atom stereocenters. The molecule has 27 heavy (non-hydrogen) atoms. The fourth-order valence-corrected chi connectivity index (χ4v) is 5.54. The van der Waals surface area contributed by atoms with Crippen molar-refractivity contribution in [2.24, 2.45) is 16.8 Å². The first-order valence-corrected chi connectivity index (χ1v) is 11.0. The molecule has 7 nitrogen and oxygen atoms in total. The Hall–Kier alpha value is -1.64. The number of guanidine groups is 1. The maximum absolute atomic E-state index is 12.2. The maximum Gasteiger partial charge on any atom is 0.242 e. The SMILES string of the molecule is CN=C(NCc1ccc(S(=O)(=O)N(C)C)cc1)N1CC2C3CCC(O3)C2C1. The van der Waals surface area contributed by atoms with E-state index in [9.17, 15) is 8.42 Å². The highest BCUT2D eigenvalue weighted by atomic mass is 32.2. The van der Waals surface area contributed by atoms with E-state index in [1.807, 2.05) is 19.2 Å². The summed E-state index contributed by atoms with van der Waals surface area (Å²) in [5.41, 5.74) is 1.02. The van der Waals surface area contributed by atoms with Gasteiger partial charge in [-0.3, -0.25) is 4.99 Å². The van der Waals surface area contributed by atoms with Gasteiger partial charge < -0.3 is 15.0 Å². The number of hydrogen-bond donors (Lipinski definition) is 1. The molecule has 1 N–H and O–H groups in total. The zero-order chi connectivity index (χ0) is 19.2. The molecule has 1 aromatic rings. The standard InChI is InChI=1S/C19H28N4O3S/c1-20-19(23-11-15-16(12-23)18-9-8-17(15)26-18)21-10-13-4-6-14(7-5-13)27(24,25)22(2)3/h4-7,15-18H,8-12H2,1-3H3,(H,20,21). The number of nitrogens with one attached hydrogen (secondary N) is 1. The number of likely N-dealkylation sites (tertiary alicyclic amines) is 1. The maximum atomic E-state index is 12.2. The number of sulfonamides is 1. The van der Waals surface area contributed by atoms with Crippen LogP contribution in [-0.4, -0.2) is 70.0 Å². The Morgan fingerprint density at radius 1 is 1.19 bits per heavy atom. The van der Waals surface area contributed by atoms with Crippen molar-refractivity contribution >= 4 is 16.0 Å². The minimum atomic E-state index is -3.39. The number of benzene rings is 1. The fraction of sp³-hybridized carbons (Fsp3) is 0.632. The van der Waals surface area contributed by atoms with Crippen molar-refractivity contribution in [3.8, 4) is 0 Å². The third-order valence-corrected chi connectivity index (χ3v) is 7.95. The second-order valence-corrected chi connectivity index (χ2v) is 10.0. The third kappa shape index (κ3) is 3.34. The summed E-state index contributed by atoms with van der Waals surface area (Å²) in [5.74, 6) is 2.18. The number of aliphatic imine (C=N–C) groups is 1. The first kappa shape index (κ1) is 18.7. The van der Waals surface area contributed by atoms with Gasteiger partial charge in [0.2, 0.25) is 10.0 Å². The monoisotopic (exact) mass is 392 g/mol. The van der Waals surface area contributed by atoms with Gasteiger partial charge in [0.15, 0.2) is 5.96 Å². The summed E-state index contributed by atoms with van der Waals surface area (Å²) in [6, 6.07) is 7.02. The van der Waals surface area contributed by atoms with Crippen molar-refractivity contribution in [2.45, 2.75) is 36.5 Å². The average molecular weight is 393 g/mol. The first-order chi connectivity index (χ1) is 12.9. The molecule has 0 radical (unpaired) electrons. The van der Waals surface area contributed by atoms with Gasteiger partial charge in [0.05, 0.1) is 17.1 Å². The summed E-state index contributed by atoms with van der Waals surface area (Å²) in [6.45, 7) is 2.63. The van der Waals surface area contributed by atoms with E-state index in [0.29, 0.717) is 35.5 Å². The molecule has 0 saturated carbocycles. The van der Waals surface area contributed by atoms with Gasteiger partial charge in [-0.1, -0.05) is 12.1 Å². The minimum Gasteiger partial charge on any atom is -0.374 e. The van der Waals surface area contributed by atoms with E-state index in [1.165, 1.54) is 31.2 Å². The van der Waals surface area contributed by atoms with Crippen molar-refractivity contribution in [2.75, 3.05) is 34.2 Å². The molecule has 3 fully saturated rings. The van der Waals surface area contributed by atoms with Crippen LogP contribution in [0.3, 0.4) is 0 Å². The molecule has 8 heteroatoms. The minimum absolute atomic E-state index is 0.309. The number of rotatable bonds is 4. The topological polar surface area (TPSA) is 74.2 Å². The van der Waals surface area contributed by atoms with Crippen LogP contribution in [0.1, 0.15) is 18.4 Å². The van der Waals surface area contributed by atoms with Crippen molar-refractivity contribution < 1.29 is 13.2 Å². The van der Waals surface area contributed by atoms with Gasteiger partial charge in [-0.05, 0) is 30.5 Å². The van der Waals surface area contributed by atoms with Crippen LogP contribution in [0.4, 0.5) is 0 Å². The molecule has 1 aromatic carbocycles. The highest BCUT2D eigenvalue weighted by Crippen LogP contribution is 2.47. The van der Waals surface area contributed by atoms with Gasteiger partial charge in [0.1, 0.15) is 0 Å². The number of fused-ring (bicyclic) bond motifs is 5. The van der Waals surface area contributed by atoms with E-state index < -0.39 is 10.0 Å². The molecule has 0 aromatic heterocycles. The van der Waals surface area contributed by atoms with Gasteiger partial charge in [-0.2, -0.15) is 0 Å². The van der Waals surface area contributed by atoms with Crippen LogP contribution in [0, 0.1) is 11.8 Å². The van der Waals surface area contributed by atoms with Crippen LogP contribution < -0.4 is 5.32 Å². The molecule has 3 aliphatic heterocycles. The van der Waals surface area contributed by atoms with Crippen LogP contribution in [0.5, 0.6) is 0 Å². The lowest BCUT2D eigenvalue weighted by atomic mass is 9.82. The van der Waals surface area contributed by atoms with Gasteiger partial charge in [-0.15, -0.1) is 0 Å². The Morgan fingerprint density at radius 2 is 1.78 bits per heavy atom. The summed E-state index contributed by atoms with van der Waals surface area (Å²) in [4.78, 5) is 7.10. The van der Waals surface area contributed by atoms with Crippen molar-refractivity contribution in [3.63, 3.8) is 0 Å². The third-order valence-electron chi connectivity index (χ3n) is 6.12. The Labute approximate surface area is 161 Å². The quantitative estimate of drug-likeness (QED) is 0.614. The molecular formula is C19H28N4O3S. The molecule has 0 spiro atoms. The van der Waals surface area contributed by atoms with Gasteiger partial charge >= 0.3 is 0 Å². The van der Waals surface area contributed by atoms with E-state index >= 15 is 0 Å².